The molecule has 1 N–H and O–H groups in total. The van der Waals surface area contributed by atoms with Crippen molar-refractivity contribution in [1.29, 1.82) is 0 Å². The number of carbonyl (C=O) groups is 2. The zero-order valence-corrected chi connectivity index (χ0v) is 15.8. The molecule has 0 radical (unpaired) electrons. The Labute approximate surface area is 158 Å². The predicted molar refractivity (Wildman–Crippen MR) is 98.1 cm³/mol. The first kappa shape index (κ1) is 17.0. The van der Waals surface area contributed by atoms with Gasteiger partial charge in [0.05, 0.1) is 27.2 Å². The number of piperidine rings is 1. The third-order valence-corrected chi connectivity index (χ3v) is 7.56. The number of carboxylic acid groups (broad SMARTS) is 1. The van der Waals surface area contributed by atoms with Gasteiger partial charge in [-0.25, -0.2) is 4.98 Å². The van der Waals surface area contributed by atoms with Crippen molar-refractivity contribution in [2.45, 2.75) is 25.7 Å². The Bertz CT molecular complexity index is 823. The van der Waals surface area contributed by atoms with Gasteiger partial charge in [-0.05, 0) is 36.8 Å². The lowest BCUT2D eigenvalue weighted by molar-refractivity contribution is -0.139. The van der Waals surface area contributed by atoms with Crippen molar-refractivity contribution in [3.63, 3.8) is 0 Å². The number of likely N-dealkylation sites (tertiary alicyclic amines) is 1. The number of amides is 1. The van der Waals surface area contributed by atoms with Crippen LogP contribution in [0, 0.1) is 11.3 Å². The Morgan fingerprint density at radius 2 is 2.12 bits per heavy atom. The van der Waals surface area contributed by atoms with E-state index >= 15 is 0 Å². The number of hydrogen-bond donors (Lipinski definition) is 1. The lowest BCUT2D eigenvalue weighted by Crippen LogP contribution is -2.40. The Morgan fingerprint density at radius 1 is 1.36 bits per heavy atom. The van der Waals surface area contributed by atoms with Gasteiger partial charge in [-0.3, -0.25) is 9.59 Å². The molecular formula is C17H17ClN2O3S2. The van der Waals surface area contributed by atoms with Crippen molar-refractivity contribution < 1.29 is 14.7 Å². The summed E-state index contributed by atoms with van der Waals surface area (Å²) in [6.07, 6.45) is 2.66. The van der Waals surface area contributed by atoms with E-state index < -0.39 is 5.97 Å². The number of aliphatic carboxylic acids is 1. The van der Waals surface area contributed by atoms with E-state index in [1.54, 1.807) is 0 Å². The summed E-state index contributed by atoms with van der Waals surface area (Å²) >= 11 is 8.96. The summed E-state index contributed by atoms with van der Waals surface area (Å²) in [7, 11) is 0. The Balaban J connectivity index is 1.34. The van der Waals surface area contributed by atoms with Gasteiger partial charge in [0.1, 0.15) is 5.01 Å². The maximum absolute atomic E-state index is 12.5. The molecule has 1 aliphatic heterocycles. The van der Waals surface area contributed by atoms with Gasteiger partial charge in [0, 0.05) is 18.5 Å². The van der Waals surface area contributed by atoms with Crippen LogP contribution in [-0.2, 0) is 16.0 Å². The molecule has 1 aliphatic carbocycles. The molecule has 1 unspecified atom stereocenters. The smallest absolute Gasteiger partial charge is 0.307 e. The van der Waals surface area contributed by atoms with Crippen LogP contribution in [0.25, 0.3) is 9.88 Å². The average Bonchev–Trinajstić information content (AvgIpc) is 2.92. The van der Waals surface area contributed by atoms with Crippen LogP contribution in [0.3, 0.4) is 0 Å². The fraction of sp³-hybridized carbons (Fsp3) is 0.471. The van der Waals surface area contributed by atoms with Crippen LogP contribution >= 0.6 is 34.3 Å². The topological polar surface area (TPSA) is 70.5 Å². The fourth-order valence-corrected chi connectivity index (χ4v) is 5.58. The van der Waals surface area contributed by atoms with Crippen LogP contribution in [0.1, 0.15) is 25.0 Å². The van der Waals surface area contributed by atoms with Crippen molar-refractivity contribution in [1.82, 2.24) is 9.88 Å². The highest BCUT2D eigenvalue weighted by Crippen LogP contribution is 2.59. The summed E-state index contributed by atoms with van der Waals surface area (Å²) in [4.78, 5) is 31.1. The predicted octanol–water partition coefficient (Wildman–Crippen LogP) is 3.78. The Morgan fingerprint density at radius 3 is 2.72 bits per heavy atom. The molecule has 2 aromatic rings. The number of carboxylic acids is 1. The number of rotatable bonds is 4. The first-order chi connectivity index (χ1) is 12.0. The van der Waals surface area contributed by atoms with Crippen LogP contribution in [0.2, 0.25) is 4.34 Å². The molecule has 1 saturated heterocycles. The van der Waals surface area contributed by atoms with E-state index in [1.807, 2.05) is 22.4 Å². The Hall–Kier alpha value is -1.44. The van der Waals surface area contributed by atoms with Gasteiger partial charge in [-0.15, -0.1) is 22.7 Å². The van der Waals surface area contributed by atoms with Gasteiger partial charge in [0.15, 0.2) is 0 Å². The highest BCUT2D eigenvalue weighted by Gasteiger charge is 2.59. The number of halogens is 1. The van der Waals surface area contributed by atoms with Gasteiger partial charge in [-0.1, -0.05) is 11.6 Å². The van der Waals surface area contributed by atoms with Crippen molar-refractivity contribution in [3.8, 4) is 9.88 Å². The molecule has 25 heavy (non-hydrogen) atoms. The lowest BCUT2D eigenvalue weighted by atomic mass is 9.90. The minimum Gasteiger partial charge on any atom is -0.481 e. The molecule has 0 aromatic carbocycles. The zero-order valence-electron chi connectivity index (χ0n) is 13.4. The van der Waals surface area contributed by atoms with Crippen LogP contribution < -0.4 is 0 Å². The van der Waals surface area contributed by atoms with Gasteiger partial charge in [0.2, 0.25) is 5.91 Å². The molecule has 3 heterocycles. The van der Waals surface area contributed by atoms with Gasteiger partial charge in [0.25, 0.3) is 0 Å². The van der Waals surface area contributed by atoms with Crippen LogP contribution in [-0.4, -0.2) is 40.0 Å². The maximum Gasteiger partial charge on any atom is 0.307 e. The molecule has 5 nitrogen and oxygen atoms in total. The highest BCUT2D eigenvalue weighted by molar-refractivity contribution is 7.23. The molecule has 2 aliphatic rings. The quantitative estimate of drug-likeness (QED) is 0.853. The zero-order chi connectivity index (χ0) is 17.6. The molecule has 2 fully saturated rings. The van der Waals surface area contributed by atoms with Crippen molar-refractivity contribution in [2.75, 3.05) is 13.1 Å². The number of aromatic nitrogens is 1. The van der Waals surface area contributed by atoms with E-state index in [0.717, 1.165) is 39.2 Å². The maximum atomic E-state index is 12.5. The molecule has 2 aromatic heterocycles. The average molecular weight is 397 g/mol. The summed E-state index contributed by atoms with van der Waals surface area (Å²) in [5.74, 6) is -0.824. The van der Waals surface area contributed by atoms with E-state index in [2.05, 4.69) is 4.98 Å². The molecule has 4 rings (SSSR count). The standard InChI is InChI=1S/C17H17ClN2O3S2/c18-13-2-1-12(25-13)15-19-10(9-24-15)7-14(21)20-5-3-17(4-6-20)8-11(17)16(22)23/h1-2,9,11H,3-8H2,(H,22,23). The number of carbonyl (C=O) groups excluding carboxylic acids is 1. The second-order valence-corrected chi connectivity index (χ2v) is 9.34. The number of thiophene rings is 1. The molecule has 132 valence electrons. The fourth-order valence-electron chi connectivity index (χ4n) is 3.65. The highest BCUT2D eigenvalue weighted by atomic mass is 35.5. The second kappa shape index (κ2) is 6.37. The normalized spacial score (nSPS) is 21.5. The van der Waals surface area contributed by atoms with E-state index in [0.29, 0.717) is 19.5 Å². The van der Waals surface area contributed by atoms with Gasteiger partial charge >= 0.3 is 5.97 Å². The summed E-state index contributed by atoms with van der Waals surface area (Å²) in [5.41, 5.74) is 0.735. The number of hydrogen-bond acceptors (Lipinski definition) is 5. The molecule has 1 spiro atoms. The molecule has 0 bridgehead atoms. The summed E-state index contributed by atoms with van der Waals surface area (Å²) in [6.45, 7) is 1.31. The first-order valence-corrected chi connectivity index (χ1v) is 10.2. The minimum atomic E-state index is -0.691. The molecule has 1 saturated carbocycles. The minimum absolute atomic E-state index is 0.0468. The van der Waals surface area contributed by atoms with Crippen molar-refractivity contribution in [2.24, 2.45) is 11.3 Å². The van der Waals surface area contributed by atoms with Crippen molar-refractivity contribution >= 4 is 46.2 Å². The second-order valence-electron chi connectivity index (χ2n) is 6.76. The SMILES string of the molecule is O=C(O)C1CC12CCN(C(=O)Cc1csc(-c3ccc(Cl)s3)n1)CC2. The van der Waals surface area contributed by atoms with E-state index in [9.17, 15) is 9.59 Å². The largest absolute Gasteiger partial charge is 0.481 e. The lowest BCUT2D eigenvalue weighted by Gasteiger charge is -2.32. The van der Waals surface area contributed by atoms with Crippen LogP contribution in [0.5, 0.6) is 0 Å². The third kappa shape index (κ3) is 3.32. The van der Waals surface area contributed by atoms with E-state index in [1.165, 1.54) is 22.7 Å². The van der Waals surface area contributed by atoms with E-state index in [4.69, 9.17) is 16.7 Å². The number of nitrogens with zero attached hydrogens (tertiary/aromatic N) is 2. The molecule has 1 atom stereocenters. The molecule has 1 amide bonds. The van der Waals surface area contributed by atoms with Crippen LogP contribution in [0.15, 0.2) is 17.5 Å². The van der Waals surface area contributed by atoms with Gasteiger partial charge < -0.3 is 10.0 Å². The third-order valence-electron chi connectivity index (χ3n) is 5.27. The van der Waals surface area contributed by atoms with Gasteiger partial charge in [-0.2, -0.15) is 0 Å². The summed E-state index contributed by atoms with van der Waals surface area (Å²) in [5, 5.41) is 12.0. The Kier molecular flexibility index (Phi) is 4.33. The first-order valence-electron chi connectivity index (χ1n) is 8.17. The molecule has 8 heteroatoms. The van der Waals surface area contributed by atoms with Crippen LogP contribution in [0.4, 0.5) is 0 Å². The summed E-state index contributed by atoms with van der Waals surface area (Å²) < 4.78 is 0.727. The molecular weight excluding hydrogens is 380 g/mol. The van der Waals surface area contributed by atoms with Crippen molar-refractivity contribution in [3.05, 3.63) is 27.5 Å². The van der Waals surface area contributed by atoms with E-state index in [-0.39, 0.29) is 17.2 Å². The summed E-state index contributed by atoms with van der Waals surface area (Å²) in [6, 6.07) is 3.79. The number of thiazole rings is 1. The monoisotopic (exact) mass is 396 g/mol.